The van der Waals surface area contributed by atoms with Gasteiger partial charge in [-0.05, 0) is 0 Å². The van der Waals surface area contributed by atoms with Gasteiger partial charge in [-0.1, -0.05) is 0 Å². The summed E-state index contributed by atoms with van der Waals surface area (Å²) in [6, 6.07) is -1.25. The van der Waals surface area contributed by atoms with Crippen molar-refractivity contribution in [1.82, 2.24) is 0 Å². The zero-order valence-electron chi connectivity index (χ0n) is 4.89. The van der Waals surface area contributed by atoms with E-state index in [-0.39, 0.29) is 5.75 Å². The van der Waals surface area contributed by atoms with Gasteiger partial charge in [0.1, 0.15) is 0 Å². The molecule has 0 bridgehead atoms. The van der Waals surface area contributed by atoms with Gasteiger partial charge >= 0.3 is 10.1 Å². The van der Waals surface area contributed by atoms with E-state index in [2.05, 4.69) is 12.6 Å². The van der Waals surface area contributed by atoms with E-state index in [1.54, 1.807) is 0 Å². The van der Waals surface area contributed by atoms with E-state index >= 15 is 0 Å². The second-order valence-corrected chi connectivity index (χ2v) is 3.30. The Balaban J connectivity index is 4.40. The maximum Gasteiger partial charge on any atom is 0.330 e. The van der Waals surface area contributed by atoms with Gasteiger partial charge in [-0.25, -0.2) is 0 Å². The standard InChI is InChI=1S/C3H7NO4S2/c4-2(1-9)3(5)10(6,7)8/h2,9H,1,4H2,(H,6,7,8)/t2-/m0/s1. The van der Waals surface area contributed by atoms with E-state index < -0.39 is 21.3 Å². The number of carbonyl (C=O) groups excluding carboxylic acids is 1. The zero-order chi connectivity index (χ0) is 8.36. The van der Waals surface area contributed by atoms with Crippen molar-refractivity contribution in [3.63, 3.8) is 0 Å². The summed E-state index contributed by atoms with van der Waals surface area (Å²) < 4.78 is 28.1. The Morgan fingerprint density at radius 2 is 2.10 bits per heavy atom. The van der Waals surface area contributed by atoms with E-state index in [9.17, 15) is 13.2 Å². The Bertz CT molecular complexity index is 221. The first-order valence-corrected chi connectivity index (χ1v) is 4.34. The topological polar surface area (TPSA) is 97.5 Å². The minimum atomic E-state index is -4.63. The molecule has 0 spiro atoms. The first-order valence-electron chi connectivity index (χ1n) is 2.27. The third-order valence-corrected chi connectivity index (χ3v) is 1.96. The second kappa shape index (κ2) is 3.33. The van der Waals surface area contributed by atoms with Crippen molar-refractivity contribution in [1.29, 1.82) is 0 Å². The smallest absolute Gasteiger partial charge is 0.320 e. The van der Waals surface area contributed by atoms with Crippen LogP contribution in [0.5, 0.6) is 0 Å². The van der Waals surface area contributed by atoms with E-state index in [0.29, 0.717) is 0 Å². The average molecular weight is 185 g/mol. The number of thiol groups is 1. The van der Waals surface area contributed by atoms with Gasteiger partial charge in [0, 0.05) is 5.75 Å². The monoisotopic (exact) mass is 185 g/mol. The van der Waals surface area contributed by atoms with Gasteiger partial charge in [0.05, 0.1) is 6.04 Å². The van der Waals surface area contributed by atoms with Crippen molar-refractivity contribution < 1.29 is 17.8 Å². The maximum atomic E-state index is 10.4. The Morgan fingerprint density at radius 1 is 1.70 bits per heavy atom. The summed E-state index contributed by atoms with van der Waals surface area (Å²) in [7, 11) is -4.63. The molecular formula is C3H7NO4S2. The van der Waals surface area contributed by atoms with E-state index in [4.69, 9.17) is 10.3 Å². The van der Waals surface area contributed by atoms with E-state index in [0.717, 1.165) is 0 Å². The molecule has 0 rings (SSSR count). The third-order valence-electron chi connectivity index (χ3n) is 0.754. The van der Waals surface area contributed by atoms with Crippen LogP contribution in [0.15, 0.2) is 0 Å². The Labute approximate surface area is 63.8 Å². The molecule has 0 aromatic carbocycles. The van der Waals surface area contributed by atoms with Gasteiger partial charge < -0.3 is 5.73 Å². The molecule has 3 N–H and O–H groups in total. The number of carbonyl (C=O) groups is 1. The molecule has 60 valence electrons. The van der Waals surface area contributed by atoms with Crippen molar-refractivity contribution in [3.8, 4) is 0 Å². The molecular weight excluding hydrogens is 178 g/mol. The fraction of sp³-hybridized carbons (Fsp3) is 0.667. The van der Waals surface area contributed by atoms with Gasteiger partial charge in [-0.2, -0.15) is 21.0 Å². The largest absolute Gasteiger partial charge is 0.330 e. The maximum absolute atomic E-state index is 10.4. The van der Waals surface area contributed by atoms with Crippen LogP contribution in [0.25, 0.3) is 0 Å². The molecule has 5 nitrogen and oxygen atoms in total. The quantitative estimate of drug-likeness (QED) is 0.365. The lowest BCUT2D eigenvalue weighted by atomic mass is 10.4. The molecule has 0 fully saturated rings. The number of rotatable bonds is 2. The minimum Gasteiger partial charge on any atom is -0.320 e. The van der Waals surface area contributed by atoms with Crippen LogP contribution in [0.4, 0.5) is 0 Å². The van der Waals surface area contributed by atoms with Gasteiger partial charge in [0.25, 0.3) is 5.12 Å². The van der Waals surface area contributed by atoms with Gasteiger partial charge in [0.15, 0.2) is 0 Å². The fourth-order valence-corrected chi connectivity index (χ4v) is 1.02. The van der Waals surface area contributed by atoms with E-state index in [1.807, 2.05) is 0 Å². The molecule has 0 radical (unpaired) electrons. The zero-order valence-corrected chi connectivity index (χ0v) is 6.60. The molecule has 0 saturated carbocycles. The van der Waals surface area contributed by atoms with Crippen LogP contribution in [0.1, 0.15) is 0 Å². The molecule has 0 aliphatic carbocycles. The predicted molar refractivity (Wildman–Crippen MR) is 38.4 cm³/mol. The highest BCUT2D eigenvalue weighted by Gasteiger charge is 2.24. The summed E-state index contributed by atoms with van der Waals surface area (Å²) in [5.41, 5.74) is 4.94. The first kappa shape index (κ1) is 9.89. The van der Waals surface area contributed by atoms with Crippen molar-refractivity contribution in [3.05, 3.63) is 0 Å². The van der Waals surface area contributed by atoms with Gasteiger partial charge in [-0.3, -0.25) is 9.35 Å². The first-order chi connectivity index (χ1) is 4.39. The number of hydrogen-bond donors (Lipinski definition) is 3. The van der Waals surface area contributed by atoms with E-state index in [1.165, 1.54) is 0 Å². The lowest BCUT2D eigenvalue weighted by Gasteiger charge is -2.01. The highest BCUT2D eigenvalue weighted by atomic mass is 32.2. The van der Waals surface area contributed by atoms with Crippen LogP contribution in [-0.4, -0.2) is 29.9 Å². The molecule has 0 aliphatic heterocycles. The van der Waals surface area contributed by atoms with Crippen molar-refractivity contribution in [2.45, 2.75) is 6.04 Å². The summed E-state index contributed by atoms with van der Waals surface area (Å²) in [6.07, 6.45) is 0. The minimum absolute atomic E-state index is 0.112. The lowest BCUT2D eigenvalue weighted by molar-refractivity contribution is -0.113. The van der Waals surface area contributed by atoms with Crippen LogP contribution in [0, 0.1) is 0 Å². The highest BCUT2D eigenvalue weighted by molar-refractivity contribution is 8.01. The Hall–Kier alpha value is -0.110. The van der Waals surface area contributed by atoms with Crippen molar-refractivity contribution >= 4 is 27.9 Å². The van der Waals surface area contributed by atoms with Crippen LogP contribution in [0.3, 0.4) is 0 Å². The SMILES string of the molecule is N[C@@H](CS)C(=O)S(=O)(=O)O. The average Bonchev–Trinajstić information content (AvgIpc) is 1.83. The molecule has 7 heteroatoms. The second-order valence-electron chi connectivity index (χ2n) is 1.58. The molecule has 0 saturated heterocycles. The summed E-state index contributed by atoms with van der Waals surface area (Å²) in [5, 5.41) is -1.40. The molecule has 0 aliphatic rings. The van der Waals surface area contributed by atoms with Crippen LogP contribution < -0.4 is 5.73 Å². The fourth-order valence-electron chi connectivity index (χ4n) is 0.266. The van der Waals surface area contributed by atoms with Crippen LogP contribution in [0.2, 0.25) is 0 Å². The van der Waals surface area contributed by atoms with Gasteiger partial charge in [-0.15, -0.1) is 0 Å². The molecule has 1 atom stereocenters. The molecule has 0 heterocycles. The summed E-state index contributed by atoms with van der Waals surface area (Å²) >= 11 is 3.57. The molecule has 0 aromatic heterocycles. The van der Waals surface area contributed by atoms with Crippen molar-refractivity contribution in [2.75, 3.05) is 5.75 Å². The highest BCUT2D eigenvalue weighted by Crippen LogP contribution is 1.92. The Morgan fingerprint density at radius 3 is 2.20 bits per heavy atom. The third kappa shape index (κ3) is 2.65. The Kier molecular flexibility index (Phi) is 3.29. The number of hydrogen-bond acceptors (Lipinski definition) is 5. The van der Waals surface area contributed by atoms with Crippen molar-refractivity contribution in [2.24, 2.45) is 5.73 Å². The number of nitrogens with two attached hydrogens (primary N) is 1. The molecule has 0 amide bonds. The summed E-state index contributed by atoms with van der Waals surface area (Å²) in [6.45, 7) is 0. The predicted octanol–water partition coefficient (Wildman–Crippen LogP) is -1.34. The summed E-state index contributed by atoms with van der Waals surface area (Å²) in [4.78, 5) is 10.4. The molecule has 0 unspecified atom stereocenters. The summed E-state index contributed by atoms with van der Waals surface area (Å²) in [5.74, 6) is -0.112. The van der Waals surface area contributed by atoms with Crippen LogP contribution >= 0.6 is 12.6 Å². The van der Waals surface area contributed by atoms with Crippen LogP contribution in [-0.2, 0) is 14.9 Å². The van der Waals surface area contributed by atoms with Gasteiger partial charge in [0.2, 0.25) is 0 Å². The molecule has 0 aromatic rings. The lowest BCUT2D eigenvalue weighted by Crippen LogP contribution is -2.37. The molecule has 10 heavy (non-hydrogen) atoms. The normalized spacial score (nSPS) is 14.7.